The minimum absolute atomic E-state index is 0.00247. The fourth-order valence-corrected chi connectivity index (χ4v) is 4.61. The Labute approximate surface area is 174 Å². The fourth-order valence-electron chi connectivity index (χ4n) is 3.44. The maximum atomic E-state index is 13.2. The molecule has 0 aliphatic heterocycles. The van der Waals surface area contributed by atoms with Crippen LogP contribution in [0.15, 0.2) is 87.7 Å². The van der Waals surface area contributed by atoms with Crippen molar-refractivity contribution < 1.29 is 0 Å². The van der Waals surface area contributed by atoms with Crippen LogP contribution in [-0.4, -0.2) is 9.55 Å². The van der Waals surface area contributed by atoms with Gasteiger partial charge < -0.3 is 0 Å². The first kappa shape index (κ1) is 17.3. The summed E-state index contributed by atoms with van der Waals surface area (Å²) in [5.74, 6) is 0. The lowest BCUT2D eigenvalue weighted by Gasteiger charge is -2.07. The van der Waals surface area contributed by atoms with E-state index in [4.69, 9.17) is 0 Å². The van der Waals surface area contributed by atoms with Gasteiger partial charge in [0.2, 0.25) is 0 Å². The number of thiophene rings is 1. The van der Waals surface area contributed by atoms with E-state index >= 15 is 0 Å². The fraction of sp³-hybridized carbons (Fsp3) is 0.0435. The summed E-state index contributed by atoms with van der Waals surface area (Å²) in [6.45, 7) is 0.502. The Hall–Kier alpha value is -2.76. The van der Waals surface area contributed by atoms with E-state index in [-0.39, 0.29) is 5.56 Å². The molecule has 3 nitrogen and oxygen atoms in total. The third-order valence-electron chi connectivity index (χ3n) is 4.89. The quantitative estimate of drug-likeness (QED) is 0.336. The van der Waals surface area contributed by atoms with Crippen molar-refractivity contribution in [2.45, 2.75) is 6.54 Å². The lowest BCUT2D eigenvalue weighted by atomic mass is 10.0. The SMILES string of the molecule is O=c1c2c(-c3ccc4ccccc4c3)csc2ncn1Cc1ccc(Br)cc1. The summed E-state index contributed by atoms with van der Waals surface area (Å²) in [5, 5.41) is 5.09. The van der Waals surface area contributed by atoms with Gasteiger partial charge in [-0.3, -0.25) is 9.36 Å². The van der Waals surface area contributed by atoms with Crippen LogP contribution in [0.2, 0.25) is 0 Å². The number of fused-ring (bicyclic) bond motifs is 2. The van der Waals surface area contributed by atoms with Crippen molar-refractivity contribution in [1.82, 2.24) is 9.55 Å². The van der Waals surface area contributed by atoms with Crippen molar-refractivity contribution in [3.05, 3.63) is 98.8 Å². The number of benzene rings is 3. The molecule has 2 heterocycles. The highest BCUT2D eigenvalue weighted by atomic mass is 79.9. The Morgan fingerprint density at radius 1 is 0.964 bits per heavy atom. The number of aromatic nitrogens is 2. The third kappa shape index (κ3) is 3.07. The minimum Gasteiger partial charge on any atom is -0.294 e. The maximum Gasteiger partial charge on any atom is 0.263 e. The van der Waals surface area contributed by atoms with Crippen molar-refractivity contribution in [2.24, 2.45) is 0 Å². The predicted octanol–water partition coefficient (Wildman–Crippen LogP) is 6.09. The number of hydrogen-bond acceptors (Lipinski definition) is 3. The molecule has 0 N–H and O–H groups in total. The van der Waals surface area contributed by atoms with Gasteiger partial charge in [-0.2, -0.15) is 0 Å². The van der Waals surface area contributed by atoms with Crippen molar-refractivity contribution in [3.8, 4) is 11.1 Å². The van der Waals surface area contributed by atoms with Gasteiger partial charge in [-0.05, 0) is 40.1 Å². The second kappa shape index (κ2) is 7.00. The van der Waals surface area contributed by atoms with E-state index in [2.05, 4.69) is 51.2 Å². The zero-order valence-electron chi connectivity index (χ0n) is 14.8. The molecule has 0 radical (unpaired) electrons. The number of rotatable bonds is 3. The van der Waals surface area contributed by atoms with Gasteiger partial charge in [0.15, 0.2) is 0 Å². The molecule has 0 aliphatic rings. The summed E-state index contributed by atoms with van der Waals surface area (Å²) in [4.78, 5) is 18.6. The summed E-state index contributed by atoms with van der Waals surface area (Å²) >= 11 is 4.96. The zero-order valence-corrected chi connectivity index (χ0v) is 17.2. The van der Waals surface area contributed by atoms with Crippen molar-refractivity contribution in [3.63, 3.8) is 0 Å². The average molecular weight is 447 g/mol. The Kier molecular flexibility index (Phi) is 4.34. The second-order valence-electron chi connectivity index (χ2n) is 6.70. The molecule has 0 amide bonds. The topological polar surface area (TPSA) is 34.9 Å². The van der Waals surface area contributed by atoms with Crippen molar-refractivity contribution in [2.75, 3.05) is 0 Å². The molecule has 5 aromatic rings. The van der Waals surface area contributed by atoms with Gasteiger partial charge >= 0.3 is 0 Å². The first-order valence-electron chi connectivity index (χ1n) is 8.89. The predicted molar refractivity (Wildman–Crippen MR) is 120 cm³/mol. The first-order chi connectivity index (χ1) is 13.7. The van der Waals surface area contributed by atoms with E-state index in [1.54, 1.807) is 10.9 Å². The number of hydrogen-bond donors (Lipinski definition) is 0. The molecule has 5 heteroatoms. The van der Waals surface area contributed by atoms with Crippen molar-refractivity contribution >= 4 is 48.3 Å². The molecule has 0 aliphatic carbocycles. The molecule has 0 fully saturated rings. The summed E-state index contributed by atoms with van der Waals surface area (Å²) in [6.07, 6.45) is 1.65. The summed E-state index contributed by atoms with van der Waals surface area (Å²) in [5.41, 5.74) is 3.06. The lowest BCUT2D eigenvalue weighted by Crippen LogP contribution is -2.20. The third-order valence-corrected chi connectivity index (χ3v) is 6.30. The molecule has 28 heavy (non-hydrogen) atoms. The van der Waals surface area contributed by atoms with Gasteiger partial charge in [-0.1, -0.05) is 64.5 Å². The minimum atomic E-state index is -0.00247. The van der Waals surface area contributed by atoms with E-state index in [0.717, 1.165) is 26.0 Å². The Balaban J connectivity index is 1.63. The van der Waals surface area contributed by atoms with Crippen LogP contribution in [0.1, 0.15) is 5.56 Å². The molecule has 0 unspecified atom stereocenters. The standard InChI is InChI=1S/C23H15BrN2OS/c24-19-9-5-15(6-10-19)12-26-14-25-22-21(23(26)27)20(13-28-22)18-8-7-16-3-1-2-4-17(16)11-18/h1-11,13-14H,12H2. The normalized spacial score (nSPS) is 11.3. The molecule has 5 rings (SSSR count). The molecular weight excluding hydrogens is 432 g/mol. The van der Waals surface area contributed by atoms with Crippen LogP contribution in [0.4, 0.5) is 0 Å². The largest absolute Gasteiger partial charge is 0.294 e. The maximum absolute atomic E-state index is 13.2. The van der Waals surface area contributed by atoms with Gasteiger partial charge in [0.1, 0.15) is 4.83 Å². The number of nitrogens with zero attached hydrogens (tertiary/aromatic N) is 2. The molecule has 0 saturated carbocycles. The van der Waals surface area contributed by atoms with E-state index < -0.39 is 0 Å². The van der Waals surface area contributed by atoms with E-state index in [9.17, 15) is 4.79 Å². The number of halogens is 1. The highest BCUT2D eigenvalue weighted by Gasteiger charge is 2.14. The summed E-state index contributed by atoms with van der Waals surface area (Å²) < 4.78 is 2.71. The molecule has 136 valence electrons. The second-order valence-corrected chi connectivity index (χ2v) is 8.47. The zero-order chi connectivity index (χ0) is 19.1. The molecule has 3 aromatic carbocycles. The van der Waals surface area contributed by atoms with E-state index in [1.165, 1.54) is 22.1 Å². The van der Waals surface area contributed by atoms with Crippen LogP contribution in [0.5, 0.6) is 0 Å². The Bertz CT molecular complexity index is 1370. The molecule has 0 atom stereocenters. The lowest BCUT2D eigenvalue weighted by molar-refractivity contribution is 0.749. The van der Waals surface area contributed by atoms with E-state index in [0.29, 0.717) is 11.9 Å². The van der Waals surface area contributed by atoms with Gasteiger partial charge in [-0.25, -0.2) is 4.98 Å². The van der Waals surface area contributed by atoms with Crippen LogP contribution in [0, 0.1) is 0 Å². The first-order valence-corrected chi connectivity index (χ1v) is 10.6. The van der Waals surface area contributed by atoms with Gasteiger partial charge in [0, 0.05) is 15.4 Å². The average Bonchev–Trinajstić information content (AvgIpc) is 3.16. The monoisotopic (exact) mass is 446 g/mol. The van der Waals surface area contributed by atoms with Crippen LogP contribution in [0.25, 0.3) is 32.1 Å². The summed E-state index contributed by atoms with van der Waals surface area (Å²) in [7, 11) is 0. The Morgan fingerprint density at radius 3 is 2.57 bits per heavy atom. The van der Waals surface area contributed by atoms with Crippen LogP contribution < -0.4 is 5.56 Å². The van der Waals surface area contributed by atoms with E-state index in [1.807, 2.05) is 41.8 Å². The molecule has 2 aromatic heterocycles. The van der Waals surface area contributed by atoms with Gasteiger partial charge in [0.25, 0.3) is 5.56 Å². The molecular formula is C23H15BrN2OS. The highest BCUT2D eigenvalue weighted by molar-refractivity contribution is 9.10. The smallest absolute Gasteiger partial charge is 0.263 e. The van der Waals surface area contributed by atoms with Crippen LogP contribution in [-0.2, 0) is 6.54 Å². The van der Waals surface area contributed by atoms with Crippen LogP contribution in [0.3, 0.4) is 0 Å². The van der Waals surface area contributed by atoms with Gasteiger partial charge in [0.05, 0.1) is 18.3 Å². The molecule has 0 spiro atoms. The molecule has 0 saturated heterocycles. The van der Waals surface area contributed by atoms with Crippen LogP contribution >= 0.6 is 27.3 Å². The highest BCUT2D eigenvalue weighted by Crippen LogP contribution is 2.32. The Morgan fingerprint density at radius 2 is 1.75 bits per heavy atom. The van der Waals surface area contributed by atoms with Gasteiger partial charge in [-0.15, -0.1) is 11.3 Å². The summed E-state index contributed by atoms with van der Waals surface area (Å²) in [6, 6.07) is 22.6. The van der Waals surface area contributed by atoms with Crippen molar-refractivity contribution in [1.29, 1.82) is 0 Å². The molecule has 0 bridgehead atoms.